The molecular weight excluding hydrogens is 370 g/mol. The second-order valence-corrected chi connectivity index (χ2v) is 8.01. The maximum Gasteiger partial charge on any atom is 0.366 e. The molecule has 0 aliphatic heterocycles. The number of Topliss-reactive ketones (excluding diaryl/α,β-unsaturated/α-hetero) is 1. The third-order valence-electron chi connectivity index (χ3n) is 5.50. The minimum atomic E-state index is -2.42. The number of rotatable bonds is 15. The Morgan fingerprint density at radius 3 is 2.72 bits per heavy atom. The summed E-state index contributed by atoms with van der Waals surface area (Å²) >= 11 is 0. The van der Waals surface area contributed by atoms with Crippen LogP contribution in [-0.4, -0.2) is 34.4 Å². The fraction of sp³-hybridized carbons (Fsp3) is 0.783. The molecule has 1 rings (SSSR count). The maximum atomic E-state index is 12.2. The Bertz CT molecular complexity index is 564. The number of carbonyl (C=O) groups excluding carboxylic acids is 2. The van der Waals surface area contributed by atoms with E-state index in [4.69, 9.17) is 10.00 Å². The molecule has 0 aromatic carbocycles. The van der Waals surface area contributed by atoms with Crippen LogP contribution in [0.2, 0.25) is 0 Å². The van der Waals surface area contributed by atoms with E-state index in [0.29, 0.717) is 37.4 Å². The highest BCUT2D eigenvalue weighted by Crippen LogP contribution is 2.34. The molecule has 0 unspecified atom stereocenters. The number of ketones is 1. The zero-order valence-corrected chi connectivity index (χ0v) is 17.8. The van der Waals surface area contributed by atoms with Gasteiger partial charge >= 0.3 is 5.97 Å². The first-order chi connectivity index (χ1) is 13.9. The largest absolute Gasteiger partial charge is 0.462 e. The average Bonchev–Trinajstić information content (AvgIpc) is 3.04. The lowest BCUT2D eigenvalue weighted by Gasteiger charge is -2.20. The van der Waals surface area contributed by atoms with E-state index in [9.17, 15) is 19.8 Å². The Hall–Kier alpha value is -1.71. The highest BCUT2D eigenvalue weighted by Gasteiger charge is 2.35. The first kappa shape index (κ1) is 25.3. The van der Waals surface area contributed by atoms with Crippen LogP contribution in [0.3, 0.4) is 0 Å². The minimum absolute atomic E-state index is 0.0523. The Morgan fingerprint density at radius 2 is 2.00 bits per heavy atom. The number of aliphatic hydroxyl groups is 2. The molecule has 0 amide bonds. The SMILES string of the molecule is CCCOC(=O)C(O)(O)CCCCC[C@H]1C(=O)CC[C@@H]1C=CCCCCCC#N. The van der Waals surface area contributed by atoms with Crippen molar-refractivity contribution >= 4 is 11.8 Å². The van der Waals surface area contributed by atoms with E-state index in [2.05, 4.69) is 18.2 Å². The van der Waals surface area contributed by atoms with Gasteiger partial charge in [0.05, 0.1) is 12.7 Å². The summed E-state index contributed by atoms with van der Waals surface area (Å²) in [6, 6.07) is 2.16. The smallest absolute Gasteiger partial charge is 0.366 e. The lowest BCUT2D eigenvalue weighted by molar-refractivity contribution is -0.211. The Morgan fingerprint density at radius 1 is 1.24 bits per heavy atom. The van der Waals surface area contributed by atoms with Crippen LogP contribution >= 0.6 is 0 Å². The number of allylic oxidation sites excluding steroid dienone is 2. The van der Waals surface area contributed by atoms with Crippen LogP contribution in [-0.2, 0) is 14.3 Å². The van der Waals surface area contributed by atoms with Crippen LogP contribution in [0.4, 0.5) is 0 Å². The van der Waals surface area contributed by atoms with E-state index >= 15 is 0 Å². The zero-order chi connectivity index (χ0) is 21.5. The highest BCUT2D eigenvalue weighted by molar-refractivity contribution is 5.83. The van der Waals surface area contributed by atoms with Crippen molar-refractivity contribution in [2.24, 2.45) is 11.8 Å². The van der Waals surface area contributed by atoms with Crippen LogP contribution in [0.5, 0.6) is 0 Å². The van der Waals surface area contributed by atoms with E-state index in [-0.39, 0.29) is 18.9 Å². The number of esters is 1. The first-order valence-electron chi connectivity index (χ1n) is 11.1. The number of hydrogen-bond acceptors (Lipinski definition) is 6. The van der Waals surface area contributed by atoms with Gasteiger partial charge in [0.1, 0.15) is 5.78 Å². The molecule has 6 heteroatoms. The van der Waals surface area contributed by atoms with Crippen molar-refractivity contribution in [1.29, 1.82) is 5.26 Å². The molecule has 0 heterocycles. The number of hydrogen-bond donors (Lipinski definition) is 2. The number of nitriles is 1. The van der Waals surface area contributed by atoms with E-state index in [1.807, 2.05) is 6.92 Å². The van der Waals surface area contributed by atoms with E-state index < -0.39 is 11.8 Å². The van der Waals surface area contributed by atoms with Gasteiger partial charge in [-0.3, -0.25) is 4.79 Å². The highest BCUT2D eigenvalue weighted by atomic mass is 16.6. The molecule has 0 radical (unpaired) electrons. The molecule has 2 atom stereocenters. The van der Waals surface area contributed by atoms with Crippen molar-refractivity contribution in [2.75, 3.05) is 6.61 Å². The summed E-state index contributed by atoms with van der Waals surface area (Å²) < 4.78 is 4.79. The van der Waals surface area contributed by atoms with Gasteiger partial charge in [-0.15, -0.1) is 0 Å². The summed E-state index contributed by atoms with van der Waals surface area (Å²) in [5.41, 5.74) is 0. The van der Waals surface area contributed by atoms with Crippen LogP contribution in [0.15, 0.2) is 12.2 Å². The lowest BCUT2D eigenvalue weighted by Crippen LogP contribution is -2.40. The van der Waals surface area contributed by atoms with Gasteiger partial charge in [-0.1, -0.05) is 38.3 Å². The summed E-state index contributed by atoms with van der Waals surface area (Å²) in [5.74, 6) is -2.71. The molecule has 0 saturated heterocycles. The standard InChI is InChI=1S/C23H37NO5/c1-2-18-29-22(26)23(27,28)16-10-7-9-13-20-19(14-15-21(20)25)12-8-5-3-4-6-11-17-24/h8,12,19-20,27-28H,2-7,9-11,13-16,18H2,1H3/t19-,20+/m0/s1. The van der Waals surface area contributed by atoms with Crippen molar-refractivity contribution in [3.63, 3.8) is 0 Å². The summed E-state index contributed by atoms with van der Waals surface area (Å²) in [6.07, 6.45) is 14.1. The molecule has 164 valence electrons. The second-order valence-electron chi connectivity index (χ2n) is 8.01. The van der Waals surface area contributed by atoms with Crippen LogP contribution in [0, 0.1) is 23.2 Å². The first-order valence-corrected chi connectivity index (χ1v) is 11.1. The number of nitrogens with zero attached hydrogens (tertiary/aromatic N) is 1. The Labute approximate surface area is 174 Å². The second kappa shape index (κ2) is 14.3. The molecular formula is C23H37NO5. The predicted octanol–water partition coefficient (Wildman–Crippen LogP) is 4.20. The van der Waals surface area contributed by atoms with Gasteiger partial charge < -0.3 is 14.9 Å². The summed E-state index contributed by atoms with van der Waals surface area (Å²) in [7, 11) is 0. The minimum Gasteiger partial charge on any atom is -0.462 e. The molecule has 1 aliphatic rings. The van der Waals surface area contributed by atoms with Gasteiger partial charge in [-0.25, -0.2) is 4.79 Å². The van der Waals surface area contributed by atoms with Crippen LogP contribution in [0.25, 0.3) is 0 Å². The Kier molecular flexibility index (Phi) is 12.5. The van der Waals surface area contributed by atoms with Crippen LogP contribution in [0.1, 0.15) is 90.4 Å². The van der Waals surface area contributed by atoms with Gasteiger partial charge in [0, 0.05) is 25.2 Å². The summed E-state index contributed by atoms with van der Waals surface area (Å²) in [6.45, 7) is 2.02. The number of ether oxygens (including phenoxy) is 1. The number of carbonyl (C=O) groups is 2. The average molecular weight is 408 g/mol. The van der Waals surface area contributed by atoms with Gasteiger partial charge in [0.15, 0.2) is 0 Å². The summed E-state index contributed by atoms with van der Waals surface area (Å²) in [4.78, 5) is 23.8. The molecule has 1 saturated carbocycles. The number of unbranched alkanes of at least 4 members (excludes halogenated alkanes) is 6. The summed E-state index contributed by atoms with van der Waals surface area (Å²) in [5, 5.41) is 28.1. The molecule has 0 aromatic rings. The third kappa shape index (κ3) is 10.0. The van der Waals surface area contributed by atoms with Crippen molar-refractivity contribution in [2.45, 2.75) is 96.2 Å². The van der Waals surface area contributed by atoms with Gasteiger partial charge in [-0.05, 0) is 50.9 Å². The van der Waals surface area contributed by atoms with E-state index in [1.54, 1.807) is 0 Å². The van der Waals surface area contributed by atoms with Crippen molar-refractivity contribution in [3.05, 3.63) is 12.2 Å². The molecule has 0 aromatic heterocycles. The maximum absolute atomic E-state index is 12.2. The molecule has 2 N–H and O–H groups in total. The fourth-order valence-corrected chi connectivity index (χ4v) is 3.78. The monoisotopic (exact) mass is 407 g/mol. The Balaban J connectivity index is 2.26. The normalized spacial score (nSPS) is 19.6. The third-order valence-corrected chi connectivity index (χ3v) is 5.50. The van der Waals surface area contributed by atoms with Crippen molar-refractivity contribution in [3.8, 4) is 6.07 Å². The quantitative estimate of drug-likeness (QED) is 0.182. The van der Waals surface area contributed by atoms with Crippen molar-refractivity contribution < 1.29 is 24.5 Å². The van der Waals surface area contributed by atoms with Gasteiger partial charge in [0.2, 0.25) is 0 Å². The molecule has 29 heavy (non-hydrogen) atoms. The van der Waals surface area contributed by atoms with E-state index in [1.165, 1.54) is 0 Å². The molecule has 1 fully saturated rings. The molecule has 6 nitrogen and oxygen atoms in total. The molecule has 0 bridgehead atoms. The molecule has 1 aliphatic carbocycles. The topological polar surface area (TPSA) is 108 Å². The van der Waals surface area contributed by atoms with Crippen molar-refractivity contribution in [1.82, 2.24) is 0 Å². The fourth-order valence-electron chi connectivity index (χ4n) is 3.78. The predicted molar refractivity (Wildman–Crippen MR) is 111 cm³/mol. The molecule has 0 spiro atoms. The lowest BCUT2D eigenvalue weighted by atomic mass is 9.89. The van der Waals surface area contributed by atoms with Gasteiger partial charge in [0.25, 0.3) is 5.79 Å². The van der Waals surface area contributed by atoms with Gasteiger partial charge in [-0.2, -0.15) is 5.26 Å². The van der Waals surface area contributed by atoms with E-state index in [0.717, 1.165) is 51.4 Å². The van der Waals surface area contributed by atoms with Crippen LogP contribution < -0.4 is 0 Å². The zero-order valence-electron chi connectivity index (χ0n) is 17.8.